The van der Waals surface area contributed by atoms with E-state index in [1.54, 1.807) is 11.8 Å². The Balaban J connectivity index is 1.63. The molecule has 0 N–H and O–H groups in total. The fourth-order valence-electron chi connectivity index (χ4n) is 3.31. The average Bonchev–Trinajstić information content (AvgIpc) is 2.80. The van der Waals surface area contributed by atoms with Gasteiger partial charge in [0.15, 0.2) is 0 Å². The molecular weight excluding hydrogens is 296 g/mol. The van der Waals surface area contributed by atoms with Crippen molar-refractivity contribution in [2.75, 3.05) is 25.9 Å². The molecule has 2 atom stereocenters. The first-order chi connectivity index (χ1) is 10.6. The topological polar surface area (TPSA) is 40.6 Å². The molecule has 3 heterocycles. The summed E-state index contributed by atoms with van der Waals surface area (Å²) in [4.78, 5) is 29.6. The molecule has 0 radical (unpaired) electrons. The van der Waals surface area contributed by atoms with Gasteiger partial charge in [-0.05, 0) is 31.4 Å². The fraction of sp³-hybridized carbons (Fsp3) is 0.529. The highest BCUT2D eigenvalue weighted by Crippen LogP contribution is 2.29. The van der Waals surface area contributed by atoms with Crippen LogP contribution in [0.4, 0.5) is 0 Å². The van der Waals surface area contributed by atoms with E-state index in [1.807, 2.05) is 29.0 Å². The van der Waals surface area contributed by atoms with Crippen LogP contribution in [0.3, 0.4) is 0 Å². The fourth-order valence-corrected chi connectivity index (χ4v) is 4.24. The lowest BCUT2D eigenvalue weighted by molar-refractivity contribution is -0.138. The van der Waals surface area contributed by atoms with E-state index in [1.165, 1.54) is 5.56 Å². The zero-order chi connectivity index (χ0) is 15.7. The number of piperidine rings is 1. The number of carbonyl (C=O) groups is 2. The number of hydrogen-bond acceptors (Lipinski definition) is 3. The Hall–Kier alpha value is -1.49. The van der Waals surface area contributed by atoms with Crippen molar-refractivity contribution < 1.29 is 9.59 Å². The van der Waals surface area contributed by atoms with Crippen LogP contribution in [0.15, 0.2) is 29.2 Å². The summed E-state index contributed by atoms with van der Waals surface area (Å²) in [6, 6.07) is 8.32. The minimum absolute atomic E-state index is 0.00355. The van der Waals surface area contributed by atoms with Crippen molar-refractivity contribution in [1.29, 1.82) is 0 Å². The number of fused-ring (bicyclic) bond motifs is 4. The summed E-state index contributed by atoms with van der Waals surface area (Å²) in [5, 5.41) is 0. The van der Waals surface area contributed by atoms with Gasteiger partial charge in [-0.15, -0.1) is 11.8 Å². The first-order valence-corrected chi connectivity index (χ1v) is 8.77. The first kappa shape index (κ1) is 15.4. The van der Waals surface area contributed by atoms with E-state index in [9.17, 15) is 9.59 Å². The molecule has 2 amide bonds. The van der Waals surface area contributed by atoms with Crippen LogP contribution in [0.25, 0.3) is 0 Å². The van der Waals surface area contributed by atoms with Gasteiger partial charge in [0, 0.05) is 31.1 Å². The lowest BCUT2D eigenvalue weighted by atomic mass is 9.95. The first-order valence-electron chi connectivity index (χ1n) is 7.79. The van der Waals surface area contributed by atoms with Gasteiger partial charge in [-0.2, -0.15) is 0 Å². The number of nitrogens with zero attached hydrogens (tertiary/aromatic N) is 2. The highest BCUT2D eigenvalue weighted by molar-refractivity contribution is 8.00. The van der Waals surface area contributed by atoms with E-state index in [4.69, 9.17) is 0 Å². The molecule has 3 saturated heterocycles. The van der Waals surface area contributed by atoms with Crippen molar-refractivity contribution in [3.05, 3.63) is 29.8 Å². The monoisotopic (exact) mass is 318 g/mol. The van der Waals surface area contributed by atoms with Crippen molar-refractivity contribution in [1.82, 2.24) is 9.80 Å². The normalized spacial score (nSPS) is 24.5. The standard InChI is InChI=1S/C17H22N2O2S/c1-12-5-3-4-6-15(12)22-11-16(20)19-9-13-7-8-14(10-19)18(2)17(13)21/h3-6,13-14H,7-11H2,1-2H3/t13-,14+/m1/s1. The van der Waals surface area contributed by atoms with Crippen LogP contribution in [-0.4, -0.2) is 53.5 Å². The molecular formula is C17H22N2O2S. The second-order valence-corrected chi connectivity index (χ2v) is 7.25. The molecule has 5 heteroatoms. The van der Waals surface area contributed by atoms with Gasteiger partial charge in [0.25, 0.3) is 0 Å². The maximum absolute atomic E-state index is 12.5. The Kier molecular flexibility index (Phi) is 4.43. The van der Waals surface area contributed by atoms with Crippen LogP contribution < -0.4 is 0 Å². The minimum atomic E-state index is -0.00355. The minimum Gasteiger partial charge on any atom is -0.341 e. The van der Waals surface area contributed by atoms with Gasteiger partial charge in [-0.25, -0.2) is 0 Å². The largest absolute Gasteiger partial charge is 0.341 e. The molecule has 4 rings (SSSR count). The van der Waals surface area contributed by atoms with Gasteiger partial charge in [0.1, 0.15) is 0 Å². The van der Waals surface area contributed by atoms with E-state index in [0.717, 1.165) is 17.7 Å². The Morgan fingerprint density at radius 1 is 1.27 bits per heavy atom. The van der Waals surface area contributed by atoms with E-state index in [2.05, 4.69) is 19.1 Å². The number of carbonyl (C=O) groups excluding carboxylic acids is 2. The number of benzene rings is 1. The molecule has 1 aromatic carbocycles. The lowest BCUT2D eigenvalue weighted by Gasteiger charge is -2.32. The van der Waals surface area contributed by atoms with Crippen LogP contribution in [0, 0.1) is 12.8 Å². The molecule has 4 nitrogen and oxygen atoms in total. The summed E-state index contributed by atoms with van der Waals surface area (Å²) < 4.78 is 0. The molecule has 1 aromatic rings. The summed E-state index contributed by atoms with van der Waals surface area (Å²) in [6.45, 7) is 3.34. The van der Waals surface area contributed by atoms with Crippen LogP contribution in [0.2, 0.25) is 0 Å². The zero-order valence-corrected chi connectivity index (χ0v) is 13.9. The number of aryl methyl sites for hydroxylation is 1. The number of hydrogen-bond donors (Lipinski definition) is 0. The van der Waals surface area contributed by atoms with E-state index < -0.39 is 0 Å². The smallest absolute Gasteiger partial charge is 0.233 e. The van der Waals surface area contributed by atoms with Crippen LogP contribution in [0.5, 0.6) is 0 Å². The average molecular weight is 318 g/mol. The van der Waals surface area contributed by atoms with E-state index in [0.29, 0.717) is 18.8 Å². The SMILES string of the molecule is Cc1ccccc1SCC(=O)N1C[C@H]2CC[C@@H](C1)N(C)C2=O. The summed E-state index contributed by atoms with van der Waals surface area (Å²) in [5.74, 6) is 0.796. The third-order valence-electron chi connectivity index (χ3n) is 4.76. The van der Waals surface area contributed by atoms with Gasteiger partial charge in [-0.3, -0.25) is 9.59 Å². The molecule has 3 fully saturated rings. The molecule has 0 unspecified atom stereocenters. The molecule has 0 aliphatic carbocycles. The van der Waals surface area contributed by atoms with Crippen molar-refractivity contribution in [2.24, 2.45) is 5.92 Å². The van der Waals surface area contributed by atoms with Gasteiger partial charge < -0.3 is 9.80 Å². The summed E-state index contributed by atoms with van der Waals surface area (Å²) in [7, 11) is 1.87. The second kappa shape index (κ2) is 6.32. The molecule has 118 valence electrons. The Bertz CT molecular complexity index is 590. The maximum Gasteiger partial charge on any atom is 0.233 e. The van der Waals surface area contributed by atoms with Crippen LogP contribution >= 0.6 is 11.8 Å². The number of amides is 2. The van der Waals surface area contributed by atoms with E-state index >= 15 is 0 Å². The van der Waals surface area contributed by atoms with Crippen molar-refractivity contribution in [3.63, 3.8) is 0 Å². The van der Waals surface area contributed by atoms with Crippen LogP contribution in [0.1, 0.15) is 18.4 Å². The van der Waals surface area contributed by atoms with Crippen molar-refractivity contribution in [2.45, 2.75) is 30.7 Å². The number of likely N-dealkylation sites (N-methyl/N-ethyl adjacent to an activating group) is 1. The van der Waals surface area contributed by atoms with Gasteiger partial charge in [-0.1, -0.05) is 18.2 Å². The molecule has 3 aliphatic rings. The highest BCUT2D eigenvalue weighted by Gasteiger charge is 2.39. The van der Waals surface area contributed by atoms with Gasteiger partial charge in [0.2, 0.25) is 11.8 Å². The van der Waals surface area contributed by atoms with Crippen molar-refractivity contribution in [3.8, 4) is 0 Å². The van der Waals surface area contributed by atoms with Gasteiger partial charge in [0.05, 0.1) is 11.7 Å². The predicted octanol–water partition coefficient (Wildman–Crippen LogP) is 2.17. The second-order valence-electron chi connectivity index (χ2n) is 6.23. The Labute approximate surface area is 135 Å². The predicted molar refractivity (Wildman–Crippen MR) is 87.8 cm³/mol. The maximum atomic E-state index is 12.5. The molecule has 22 heavy (non-hydrogen) atoms. The van der Waals surface area contributed by atoms with Crippen LogP contribution in [-0.2, 0) is 9.59 Å². The van der Waals surface area contributed by atoms with Gasteiger partial charge >= 0.3 is 0 Å². The Morgan fingerprint density at radius 2 is 2.05 bits per heavy atom. The molecule has 0 saturated carbocycles. The molecule has 0 spiro atoms. The summed E-state index contributed by atoms with van der Waals surface area (Å²) in [6.07, 6.45) is 1.93. The third-order valence-corrected chi connectivity index (χ3v) is 5.92. The summed E-state index contributed by atoms with van der Waals surface area (Å²) in [5.41, 5.74) is 1.20. The molecule has 3 aliphatic heterocycles. The quantitative estimate of drug-likeness (QED) is 0.802. The zero-order valence-electron chi connectivity index (χ0n) is 13.1. The molecule has 0 aromatic heterocycles. The number of rotatable bonds is 3. The highest BCUT2D eigenvalue weighted by atomic mass is 32.2. The number of thioether (sulfide) groups is 1. The summed E-state index contributed by atoms with van der Waals surface area (Å²) >= 11 is 1.59. The Morgan fingerprint density at radius 3 is 2.82 bits per heavy atom. The van der Waals surface area contributed by atoms with E-state index in [-0.39, 0.29) is 23.8 Å². The lowest BCUT2D eigenvalue weighted by Crippen LogP contribution is -2.45. The molecule has 2 bridgehead atoms. The van der Waals surface area contributed by atoms with Crippen molar-refractivity contribution >= 4 is 23.6 Å². The third kappa shape index (κ3) is 3.00.